The van der Waals surface area contributed by atoms with Gasteiger partial charge in [0.15, 0.2) is 11.6 Å². The lowest BCUT2D eigenvalue weighted by atomic mass is 10.1. The predicted molar refractivity (Wildman–Crippen MR) is 77.6 cm³/mol. The fraction of sp³-hybridized carbons (Fsp3) is 0.235. The van der Waals surface area contributed by atoms with E-state index in [-0.39, 0.29) is 12.5 Å². The van der Waals surface area contributed by atoms with Crippen LogP contribution in [0, 0.1) is 11.6 Å². The summed E-state index contributed by atoms with van der Waals surface area (Å²) in [6.45, 7) is 0.269. The average Bonchev–Trinajstić information content (AvgIpc) is 2.49. The van der Waals surface area contributed by atoms with Crippen LogP contribution in [0.25, 0.3) is 0 Å². The molecule has 0 fully saturated rings. The zero-order valence-corrected chi connectivity index (χ0v) is 11.9. The van der Waals surface area contributed by atoms with Gasteiger partial charge in [-0.1, -0.05) is 36.4 Å². The lowest BCUT2D eigenvalue weighted by molar-refractivity contribution is -0.130. The van der Waals surface area contributed by atoms with Crippen LogP contribution in [0.1, 0.15) is 17.5 Å². The van der Waals surface area contributed by atoms with E-state index in [9.17, 15) is 13.6 Å². The molecule has 0 saturated heterocycles. The minimum absolute atomic E-state index is 0.0245. The van der Waals surface area contributed by atoms with Gasteiger partial charge < -0.3 is 4.90 Å². The van der Waals surface area contributed by atoms with Crippen molar-refractivity contribution in [2.75, 3.05) is 7.05 Å². The molecule has 2 aromatic rings. The van der Waals surface area contributed by atoms with Gasteiger partial charge in [-0.15, -0.1) is 0 Å². The quantitative estimate of drug-likeness (QED) is 0.824. The van der Waals surface area contributed by atoms with Crippen molar-refractivity contribution in [3.8, 4) is 0 Å². The molecule has 0 aliphatic heterocycles. The number of carbonyl (C=O) groups excluding carboxylic acids is 1. The van der Waals surface area contributed by atoms with Crippen LogP contribution in [0.15, 0.2) is 48.5 Å². The normalized spacial score (nSPS) is 10.4. The molecule has 110 valence electrons. The summed E-state index contributed by atoms with van der Waals surface area (Å²) in [7, 11) is 1.66. The summed E-state index contributed by atoms with van der Waals surface area (Å²) in [6, 6.07) is 13.4. The Labute approximate surface area is 123 Å². The molecule has 0 heterocycles. The van der Waals surface area contributed by atoms with Crippen molar-refractivity contribution >= 4 is 5.91 Å². The van der Waals surface area contributed by atoms with Crippen molar-refractivity contribution in [3.05, 3.63) is 71.3 Å². The van der Waals surface area contributed by atoms with Crippen molar-refractivity contribution in [3.63, 3.8) is 0 Å². The highest BCUT2D eigenvalue weighted by molar-refractivity contribution is 5.76. The number of nitrogens with zero attached hydrogens (tertiary/aromatic N) is 1. The smallest absolute Gasteiger partial charge is 0.222 e. The molecule has 0 aromatic heterocycles. The number of rotatable bonds is 5. The number of benzene rings is 2. The van der Waals surface area contributed by atoms with Crippen LogP contribution in [-0.2, 0) is 17.8 Å². The molecule has 0 atom stereocenters. The first-order chi connectivity index (χ1) is 10.1. The van der Waals surface area contributed by atoms with Gasteiger partial charge >= 0.3 is 0 Å². The van der Waals surface area contributed by atoms with E-state index in [4.69, 9.17) is 0 Å². The van der Waals surface area contributed by atoms with Crippen LogP contribution in [0.3, 0.4) is 0 Å². The Morgan fingerprint density at radius 2 is 1.71 bits per heavy atom. The summed E-state index contributed by atoms with van der Waals surface area (Å²) < 4.78 is 26.0. The van der Waals surface area contributed by atoms with Crippen LogP contribution in [-0.4, -0.2) is 17.9 Å². The Morgan fingerprint density at radius 1 is 1.00 bits per heavy atom. The first-order valence-electron chi connectivity index (χ1n) is 6.78. The number of aryl methyl sites for hydroxylation is 1. The molecule has 0 aliphatic carbocycles. The van der Waals surface area contributed by atoms with Gasteiger partial charge in [-0.3, -0.25) is 4.79 Å². The molecule has 1 amide bonds. The van der Waals surface area contributed by atoms with Crippen LogP contribution in [0.5, 0.6) is 0 Å². The summed E-state index contributed by atoms with van der Waals surface area (Å²) in [5.74, 6) is -1.79. The molecule has 0 aliphatic rings. The van der Waals surface area contributed by atoms with E-state index < -0.39 is 11.6 Å². The SMILES string of the molecule is CN(Cc1ccc(F)c(F)c1)C(=O)CCc1ccccc1. The molecule has 2 aromatic carbocycles. The highest BCUT2D eigenvalue weighted by Crippen LogP contribution is 2.11. The number of carbonyl (C=O) groups is 1. The number of amides is 1. The third-order valence-electron chi connectivity index (χ3n) is 3.30. The van der Waals surface area contributed by atoms with E-state index >= 15 is 0 Å². The van der Waals surface area contributed by atoms with Gasteiger partial charge in [0, 0.05) is 20.0 Å². The van der Waals surface area contributed by atoms with Crippen LogP contribution in [0.2, 0.25) is 0 Å². The molecular weight excluding hydrogens is 272 g/mol. The first kappa shape index (κ1) is 15.2. The Morgan fingerprint density at radius 3 is 2.38 bits per heavy atom. The summed E-state index contributed by atoms with van der Waals surface area (Å²) in [6.07, 6.45) is 1.06. The molecule has 0 unspecified atom stereocenters. The number of halogens is 2. The maximum Gasteiger partial charge on any atom is 0.222 e. The van der Waals surface area contributed by atoms with E-state index in [1.54, 1.807) is 7.05 Å². The number of hydrogen-bond acceptors (Lipinski definition) is 1. The third kappa shape index (κ3) is 4.38. The van der Waals surface area contributed by atoms with Gasteiger partial charge in [-0.05, 0) is 29.7 Å². The second kappa shape index (κ2) is 6.97. The van der Waals surface area contributed by atoms with Crippen molar-refractivity contribution in [2.24, 2.45) is 0 Å². The second-order valence-corrected chi connectivity index (χ2v) is 4.98. The monoisotopic (exact) mass is 289 g/mol. The van der Waals surface area contributed by atoms with E-state index in [1.807, 2.05) is 30.3 Å². The molecule has 2 nitrogen and oxygen atoms in total. The maximum atomic E-state index is 13.1. The van der Waals surface area contributed by atoms with Gasteiger partial charge in [0.2, 0.25) is 5.91 Å². The lowest BCUT2D eigenvalue weighted by Crippen LogP contribution is -2.26. The van der Waals surface area contributed by atoms with Gasteiger partial charge in [0.25, 0.3) is 0 Å². The molecule has 0 radical (unpaired) electrons. The third-order valence-corrected chi connectivity index (χ3v) is 3.30. The molecule has 4 heteroatoms. The van der Waals surface area contributed by atoms with Crippen molar-refractivity contribution < 1.29 is 13.6 Å². The largest absolute Gasteiger partial charge is 0.341 e. The Hall–Kier alpha value is -2.23. The Balaban J connectivity index is 1.88. The fourth-order valence-electron chi connectivity index (χ4n) is 2.09. The minimum atomic E-state index is -0.891. The van der Waals surface area contributed by atoms with Crippen LogP contribution < -0.4 is 0 Å². The second-order valence-electron chi connectivity index (χ2n) is 4.98. The molecular formula is C17H17F2NO. The van der Waals surface area contributed by atoms with Gasteiger partial charge in [-0.25, -0.2) is 8.78 Å². The van der Waals surface area contributed by atoms with Gasteiger partial charge in [-0.2, -0.15) is 0 Å². The lowest BCUT2D eigenvalue weighted by Gasteiger charge is -2.17. The molecule has 0 N–H and O–H groups in total. The fourth-order valence-corrected chi connectivity index (χ4v) is 2.09. The molecule has 2 rings (SSSR count). The summed E-state index contributed by atoms with van der Waals surface area (Å²) in [5.41, 5.74) is 1.68. The highest BCUT2D eigenvalue weighted by Gasteiger charge is 2.11. The average molecular weight is 289 g/mol. The van der Waals surface area contributed by atoms with E-state index in [0.29, 0.717) is 18.4 Å². The van der Waals surface area contributed by atoms with Crippen molar-refractivity contribution in [2.45, 2.75) is 19.4 Å². The van der Waals surface area contributed by atoms with Gasteiger partial charge in [0.1, 0.15) is 0 Å². The molecule has 0 bridgehead atoms. The van der Waals surface area contributed by atoms with Crippen LogP contribution >= 0.6 is 0 Å². The zero-order valence-electron chi connectivity index (χ0n) is 11.9. The minimum Gasteiger partial charge on any atom is -0.341 e. The topological polar surface area (TPSA) is 20.3 Å². The standard InChI is InChI=1S/C17H17F2NO/c1-20(12-14-7-9-15(18)16(19)11-14)17(21)10-8-13-5-3-2-4-6-13/h2-7,9,11H,8,10,12H2,1H3. The van der Waals surface area contributed by atoms with Crippen molar-refractivity contribution in [1.82, 2.24) is 4.90 Å². The highest BCUT2D eigenvalue weighted by atomic mass is 19.2. The maximum absolute atomic E-state index is 13.1. The summed E-state index contributed by atoms with van der Waals surface area (Å²) in [5, 5.41) is 0. The van der Waals surface area contributed by atoms with E-state index in [0.717, 1.165) is 17.7 Å². The first-order valence-corrected chi connectivity index (χ1v) is 6.78. The van der Waals surface area contributed by atoms with E-state index in [2.05, 4.69) is 0 Å². The molecule has 0 saturated carbocycles. The number of hydrogen-bond donors (Lipinski definition) is 0. The van der Waals surface area contributed by atoms with E-state index in [1.165, 1.54) is 11.0 Å². The zero-order chi connectivity index (χ0) is 15.2. The van der Waals surface area contributed by atoms with Crippen molar-refractivity contribution in [1.29, 1.82) is 0 Å². The molecule has 0 spiro atoms. The summed E-state index contributed by atoms with van der Waals surface area (Å²) >= 11 is 0. The molecule has 21 heavy (non-hydrogen) atoms. The Kier molecular flexibility index (Phi) is 5.04. The predicted octanol–water partition coefficient (Wildman–Crippen LogP) is 3.56. The van der Waals surface area contributed by atoms with Crippen LogP contribution in [0.4, 0.5) is 8.78 Å². The Bertz CT molecular complexity index is 613. The van der Waals surface area contributed by atoms with Gasteiger partial charge in [0.05, 0.1) is 0 Å². The summed E-state index contributed by atoms with van der Waals surface area (Å²) in [4.78, 5) is 13.6.